The van der Waals surface area contributed by atoms with Crippen LogP contribution in [0.4, 0.5) is 0 Å². The summed E-state index contributed by atoms with van der Waals surface area (Å²) in [4.78, 5) is 4.61. The van der Waals surface area contributed by atoms with E-state index in [2.05, 4.69) is 32.4 Å². The molecule has 0 radical (unpaired) electrons. The van der Waals surface area contributed by atoms with Crippen LogP contribution in [0.25, 0.3) is 11.0 Å². The second kappa shape index (κ2) is 5.85. The van der Waals surface area contributed by atoms with Crippen LogP contribution in [0.5, 0.6) is 5.75 Å². The Kier molecular flexibility index (Phi) is 3.94. The average molecular weight is 307 g/mol. The maximum atomic E-state index is 6.04. The zero-order valence-corrected chi connectivity index (χ0v) is 12.7. The normalized spacial score (nSPS) is 11.1. The van der Waals surface area contributed by atoms with Crippen molar-refractivity contribution in [2.24, 2.45) is 0 Å². The van der Waals surface area contributed by atoms with Gasteiger partial charge in [-0.15, -0.1) is 11.6 Å². The van der Waals surface area contributed by atoms with Gasteiger partial charge >= 0.3 is 0 Å². The number of ether oxygens (including phenoxy) is 1. The number of hydrogen-bond donors (Lipinski definition) is 0. The van der Waals surface area contributed by atoms with E-state index >= 15 is 0 Å². The Morgan fingerprint density at radius 2 is 2.25 bits per heavy atom. The molecule has 0 unspecified atom stereocenters. The van der Waals surface area contributed by atoms with Gasteiger partial charge < -0.3 is 9.30 Å². The van der Waals surface area contributed by atoms with Gasteiger partial charge in [0.1, 0.15) is 17.1 Å². The Balaban J connectivity index is 1.99. The van der Waals surface area contributed by atoms with E-state index in [1.165, 1.54) is 5.56 Å². The van der Waals surface area contributed by atoms with Crippen LogP contribution in [0.3, 0.4) is 0 Å². The maximum absolute atomic E-state index is 6.04. The average Bonchev–Trinajstić information content (AvgIpc) is 3.11. The first-order chi connectivity index (χ1) is 9.83. The highest BCUT2D eigenvalue weighted by Crippen LogP contribution is 2.26. The molecule has 3 aromatic rings. The van der Waals surface area contributed by atoms with Crippen molar-refractivity contribution in [2.45, 2.75) is 18.8 Å². The summed E-state index contributed by atoms with van der Waals surface area (Å²) < 4.78 is 7.56. The minimum atomic E-state index is 0.404. The van der Waals surface area contributed by atoms with E-state index in [1.807, 2.05) is 12.1 Å². The molecule has 2 heterocycles. The summed E-state index contributed by atoms with van der Waals surface area (Å²) in [6.07, 6.45) is 0.982. The molecule has 0 atom stereocenters. The van der Waals surface area contributed by atoms with E-state index < -0.39 is 0 Å². The third-order valence-corrected chi connectivity index (χ3v) is 4.34. The summed E-state index contributed by atoms with van der Waals surface area (Å²) in [6, 6.07) is 8.14. The molecular weight excluding hydrogens is 292 g/mol. The molecule has 2 aromatic heterocycles. The lowest BCUT2D eigenvalue weighted by molar-refractivity contribution is 0.419. The highest BCUT2D eigenvalue weighted by molar-refractivity contribution is 7.07. The smallest absolute Gasteiger partial charge is 0.146 e. The Hall–Kier alpha value is -1.52. The van der Waals surface area contributed by atoms with Crippen molar-refractivity contribution in [3.8, 4) is 5.75 Å². The highest BCUT2D eigenvalue weighted by Gasteiger charge is 2.13. The monoisotopic (exact) mass is 306 g/mol. The number of hydrogen-bond acceptors (Lipinski definition) is 3. The molecule has 0 spiro atoms. The number of thiophene rings is 1. The highest BCUT2D eigenvalue weighted by atomic mass is 35.5. The zero-order chi connectivity index (χ0) is 13.9. The van der Waals surface area contributed by atoms with Crippen molar-refractivity contribution in [3.63, 3.8) is 0 Å². The van der Waals surface area contributed by atoms with Gasteiger partial charge in [-0.2, -0.15) is 11.3 Å². The number of methoxy groups -OCH3 is 1. The number of para-hydroxylation sites is 1. The molecule has 104 valence electrons. The number of nitrogens with zero attached hydrogens (tertiary/aromatic N) is 2. The van der Waals surface area contributed by atoms with Gasteiger partial charge in [0.2, 0.25) is 0 Å². The van der Waals surface area contributed by atoms with Gasteiger partial charge in [0, 0.05) is 6.54 Å². The fraction of sp³-hybridized carbons (Fsp3) is 0.267. The second-order valence-corrected chi connectivity index (χ2v) is 5.57. The molecule has 0 amide bonds. The lowest BCUT2D eigenvalue weighted by Gasteiger charge is -2.07. The molecule has 0 saturated carbocycles. The maximum Gasteiger partial charge on any atom is 0.146 e. The predicted octanol–water partition coefficient (Wildman–Crippen LogP) is 4.09. The van der Waals surface area contributed by atoms with Crippen molar-refractivity contribution < 1.29 is 4.74 Å². The molecule has 0 N–H and O–H groups in total. The van der Waals surface area contributed by atoms with E-state index in [-0.39, 0.29) is 0 Å². The van der Waals surface area contributed by atoms with Crippen molar-refractivity contribution >= 4 is 34.0 Å². The van der Waals surface area contributed by atoms with Crippen LogP contribution in [0.2, 0.25) is 0 Å². The van der Waals surface area contributed by atoms with Crippen molar-refractivity contribution in [3.05, 3.63) is 46.4 Å². The Morgan fingerprint density at radius 3 is 2.95 bits per heavy atom. The van der Waals surface area contributed by atoms with Crippen LogP contribution in [0, 0.1) is 0 Å². The van der Waals surface area contributed by atoms with E-state index in [1.54, 1.807) is 18.4 Å². The lowest BCUT2D eigenvalue weighted by atomic mass is 10.2. The Bertz CT molecular complexity index is 706. The summed E-state index contributed by atoms with van der Waals surface area (Å²) in [5.74, 6) is 2.09. The summed E-state index contributed by atoms with van der Waals surface area (Å²) in [7, 11) is 1.67. The zero-order valence-electron chi connectivity index (χ0n) is 11.2. The summed E-state index contributed by atoms with van der Waals surface area (Å²) >= 11 is 7.76. The molecule has 0 aliphatic carbocycles. The van der Waals surface area contributed by atoms with E-state index in [9.17, 15) is 0 Å². The van der Waals surface area contributed by atoms with Gasteiger partial charge in [-0.25, -0.2) is 4.98 Å². The number of aromatic nitrogens is 2. The third-order valence-electron chi connectivity index (χ3n) is 3.36. The van der Waals surface area contributed by atoms with Crippen LogP contribution >= 0.6 is 22.9 Å². The van der Waals surface area contributed by atoms with Crippen LogP contribution in [0.15, 0.2) is 35.0 Å². The molecule has 0 fully saturated rings. The standard InChI is InChI=1S/C15H15ClN2OS/c1-19-13-4-2-3-12-15(13)17-14(9-16)18(12)7-5-11-6-8-20-10-11/h2-4,6,8,10H,5,7,9H2,1H3. The molecular formula is C15H15ClN2OS. The topological polar surface area (TPSA) is 27.1 Å². The minimum absolute atomic E-state index is 0.404. The van der Waals surface area contributed by atoms with Crippen LogP contribution in [0.1, 0.15) is 11.4 Å². The lowest BCUT2D eigenvalue weighted by Crippen LogP contribution is -2.04. The van der Waals surface area contributed by atoms with Crippen molar-refractivity contribution in [2.75, 3.05) is 7.11 Å². The fourth-order valence-electron chi connectivity index (χ4n) is 2.36. The van der Waals surface area contributed by atoms with E-state index in [4.69, 9.17) is 16.3 Å². The summed E-state index contributed by atoms with van der Waals surface area (Å²) in [5.41, 5.74) is 3.31. The molecule has 0 bridgehead atoms. The molecule has 3 rings (SSSR count). The largest absolute Gasteiger partial charge is 0.494 e. The van der Waals surface area contributed by atoms with Crippen molar-refractivity contribution in [1.82, 2.24) is 9.55 Å². The van der Waals surface area contributed by atoms with Gasteiger partial charge in [0.15, 0.2) is 0 Å². The van der Waals surface area contributed by atoms with Gasteiger partial charge in [0.05, 0.1) is 18.5 Å². The molecule has 3 nitrogen and oxygen atoms in total. The van der Waals surface area contributed by atoms with Gasteiger partial charge in [0.25, 0.3) is 0 Å². The van der Waals surface area contributed by atoms with Gasteiger partial charge in [-0.3, -0.25) is 0 Å². The van der Waals surface area contributed by atoms with Crippen LogP contribution < -0.4 is 4.74 Å². The molecule has 5 heteroatoms. The number of imidazole rings is 1. The number of benzene rings is 1. The quantitative estimate of drug-likeness (QED) is 0.664. The SMILES string of the molecule is COc1cccc2c1nc(CCl)n2CCc1ccsc1. The van der Waals surface area contributed by atoms with Crippen LogP contribution in [-0.2, 0) is 18.8 Å². The first-order valence-electron chi connectivity index (χ1n) is 6.42. The Labute approximate surface area is 126 Å². The third kappa shape index (κ3) is 2.41. The number of fused-ring (bicyclic) bond motifs is 1. The predicted molar refractivity (Wildman–Crippen MR) is 83.9 cm³/mol. The second-order valence-electron chi connectivity index (χ2n) is 4.52. The molecule has 0 saturated heterocycles. The first kappa shape index (κ1) is 13.5. The molecule has 0 aliphatic heterocycles. The van der Waals surface area contributed by atoms with Crippen molar-refractivity contribution in [1.29, 1.82) is 0 Å². The number of halogens is 1. The van der Waals surface area contributed by atoms with E-state index in [0.717, 1.165) is 35.6 Å². The number of alkyl halides is 1. The Morgan fingerprint density at radius 1 is 1.35 bits per heavy atom. The molecule has 1 aromatic carbocycles. The minimum Gasteiger partial charge on any atom is -0.494 e. The number of aryl methyl sites for hydroxylation is 2. The van der Waals surface area contributed by atoms with Gasteiger partial charge in [-0.05, 0) is 40.9 Å². The molecule has 0 aliphatic rings. The van der Waals surface area contributed by atoms with E-state index in [0.29, 0.717) is 5.88 Å². The molecule has 20 heavy (non-hydrogen) atoms. The summed E-state index contributed by atoms with van der Waals surface area (Å²) in [6.45, 7) is 0.877. The first-order valence-corrected chi connectivity index (χ1v) is 7.90. The van der Waals surface area contributed by atoms with Crippen LogP contribution in [-0.4, -0.2) is 16.7 Å². The summed E-state index contributed by atoms with van der Waals surface area (Å²) in [5, 5.41) is 4.28. The fourth-order valence-corrected chi connectivity index (χ4v) is 3.27. The number of rotatable bonds is 5. The van der Waals surface area contributed by atoms with Gasteiger partial charge in [-0.1, -0.05) is 6.07 Å².